The number of carbonyl (C=O) groups is 3. The Labute approximate surface area is 172 Å². The Bertz CT molecular complexity index is 875. The first kappa shape index (κ1) is 22.8. The second kappa shape index (κ2) is 10.9. The lowest BCUT2D eigenvalue weighted by Crippen LogP contribution is -2.56. The van der Waals surface area contributed by atoms with E-state index in [1.54, 1.807) is 30.3 Å². The van der Waals surface area contributed by atoms with Gasteiger partial charge in [-0.3, -0.25) is 4.79 Å². The maximum Gasteiger partial charge on any atom is 0.408 e. The average molecular weight is 418 g/mol. The molecule has 0 aliphatic rings. The van der Waals surface area contributed by atoms with Crippen LogP contribution in [0.5, 0.6) is 0 Å². The topological polar surface area (TPSA) is 125 Å². The van der Waals surface area contributed by atoms with Crippen molar-refractivity contribution in [3.63, 3.8) is 0 Å². The van der Waals surface area contributed by atoms with Gasteiger partial charge in [0.15, 0.2) is 0 Å². The quantitative estimate of drug-likeness (QED) is 0.490. The minimum atomic E-state index is -1.44. The Hall–Kier alpha value is -3.46. The molecule has 4 N–H and O–H groups in total. The highest BCUT2D eigenvalue weighted by atomic mass is 19.1. The number of aliphatic carboxylic acids is 1. The van der Waals surface area contributed by atoms with Crippen LogP contribution in [0.4, 0.5) is 9.18 Å². The Morgan fingerprint density at radius 3 is 2.30 bits per heavy atom. The molecule has 30 heavy (non-hydrogen) atoms. The Morgan fingerprint density at radius 1 is 1.03 bits per heavy atom. The summed E-state index contributed by atoms with van der Waals surface area (Å²) in [6.07, 6.45) is -2.45. The number of nitrogens with one attached hydrogen (secondary N) is 2. The summed E-state index contributed by atoms with van der Waals surface area (Å²) < 4.78 is 18.3. The third-order valence-electron chi connectivity index (χ3n) is 4.19. The van der Waals surface area contributed by atoms with Crippen LogP contribution < -0.4 is 10.6 Å². The van der Waals surface area contributed by atoms with E-state index in [-0.39, 0.29) is 13.0 Å². The molecule has 2 rings (SSSR count). The zero-order chi connectivity index (χ0) is 22.1. The first-order valence-corrected chi connectivity index (χ1v) is 9.19. The lowest BCUT2D eigenvalue weighted by molar-refractivity contribution is -0.142. The van der Waals surface area contributed by atoms with Crippen LogP contribution in [0.2, 0.25) is 0 Å². The molecule has 0 aliphatic carbocycles. The van der Waals surface area contributed by atoms with Crippen molar-refractivity contribution < 1.29 is 33.7 Å². The van der Waals surface area contributed by atoms with Gasteiger partial charge in [0, 0.05) is 6.42 Å². The summed E-state index contributed by atoms with van der Waals surface area (Å²) in [5.74, 6) is -2.79. The Morgan fingerprint density at radius 2 is 1.70 bits per heavy atom. The highest BCUT2D eigenvalue weighted by Crippen LogP contribution is 2.08. The van der Waals surface area contributed by atoms with Gasteiger partial charge in [-0.15, -0.1) is 0 Å². The number of aliphatic hydroxyl groups is 1. The van der Waals surface area contributed by atoms with E-state index < -0.39 is 42.0 Å². The molecule has 0 spiro atoms. The molecule has 160 valence electrons. The number of rotatable bonds is 9. The predicted octanol–water partition coefficient (Wildman–Crippen LogP) is 1.61. The maximum absolute atomic E-state index is 13.3. The second-order valence-electron chi connectivity index (χ2n) is 6.66. The highest BCUT2D eigenvalue weighted by molar-refractivity contribution is 5.89. The minimum Gasteiger partial charge on any atom is -0.480 e. The number of alkyl carbamates (subject to hydrolysis) is 1. The molecule has 2 amide bonds. The largest absolute Gasteiger partial charge is 0.480 e. The van der Waals surface area contributed by atoms with Gasteiger partial charge < -0.3 is 25.6 Å². The van der Waals surface area contributed by atoms with Crippen LogP contribution in [0, 0.1) is 5.82 Å². The molecule has 0 radical (unpaired) electrons. The first-order chi connectivity index (χ1) is 14.3. The van der Waals surface area contributed by atoms with Crippen molar-refractivity contribution in [1.82, 2.24) is 10.6 Å². The SMILES string of the molecule is C[C@@H](O)[C@H](NC(=O)OCc1ccccc1)C(=O)N[C@H](Cc1cccc(F)c1)C(=O)O. The zero-order valence-corrected chi connectivity index (χ0v) is 16.2. The number of aliphatic hydroxyl groups excluding tert-OH is 1. The van der Waals surface area contributed by atoms with Crippen LogP contribution in [-0.2, 0) is 27.4 Å². The van der Waals surface area contributed by atoms with Gasteiger partial charge in [-0.25, -0.2) is 14.0 Å². The molecule has 0 bridgehead atoms. The van der Waals surface area contributed by atoms with Crippen LogP contribution in [0.1, 0.15) is 18.1 Å². The smallest absolute Gasteiger partial charge is 0.408 e. The number of hydrogen-bond donors (Lipinski definition) is 4. The minimum absolute atomic E-state index is 0.0435. The van der Waals surface area contributed by atoms with Crippen molar-refractivity contribution in [2.45, 2.75) is 38.1 Å². The van der Waals surface area contributed by atoms with Gasteiger partial charge in [-0.05, 0) is 30.2 Å². The molecular formula is C21H23FN2O6. The third-order valence-corrected chi connectivity index (χ3v) is 4.19. The molecule has 3 atom stereocenters. The Balaban J connectivity index is 1.98. The molecule has 8 nitrogen and oxygen atoms in total. The summed E-state index contributed by atoms with van der Waals surface area (Å²) in [6, 6.07) is 11.3. The number of halogens is 1. The third kappa shape index (κ3) is 7.17. The van der Waals surface area contributed by atoms with Crippen LogP contribution in [0.3, 0.4) is 0 Å². The molecule has 2 aromatic carbocycles. The van der Waals surface area contributed by atoms with Gasteiger partial charge in [0.25, 0.3) is 0 Å². The number of carboxylic acid groups (broad SMARTS) is 1. The number of carboxylic acids is 1. The summed E-state index contributed by atoms with van der Waals surface area (Å²) >= 11 is 0. The van der Waals surface area contributed by atoms with Crippen LogP contribution in [0.15, 0.2) is 54.6 Å². The predicted molar refractivity (Wildman–Crippen MR) is 105 cm³/mol. The van der Waals surface area contributed by atoms with Gasteiger partial charge in [0.05, 0.1) is 6.10 Å². The van der Waals surface area contributed by atoms with Crippen molar-refractivity contribution in [3.05, 3.63) is 71.5 Å². The molecule has 0 saturated heterocycles. The number of hydrogen-bond acceptors (Lipinski definition) is 5. The maximum atomic E-state index is 13.3. The fraction of sp³-hybridized carbons (Fsp3) is 0.286. The van der Waals surface area contributed by atoms with Crippen molar-refractivity contribution in [3.8, 4) is 0 Å². The molecule has 0 heterocycles. The monoisotopic (exact) mass is 418 g/mol. The lowest BCUT2D eigenvalue weighted by Gasteiger charge is -2.23. The molecule has 9 heteroatoms. The van der Waals surface area contributed by atoms with Gasteiger partial charge in [0.2, 0.25) is 5.91 Å². The molecule has 0 unspecified atom stereocenters. The van der Waals surface area contributed by atoms with Gasteiger partial charge in [-0.2, -0.15) is 0 Å². The van der Waals surface area contributed by atoms with Crippen molar-refractivity contribution in [2.24, 2.45) is 0 Å². The van der Waals surface area contributed by atoms with Crippen molar-refractivity contribution in [2.75, 3.05) is 0 Å². The zero-order valence-electron chi connectivity index (χ0n) is 16.2. The summed E-state index contributed by atoms with van der Waals surface area (Å²) in [5, 5.41) is 23.7. The van der Waals surface area contributed by atoms with E-state index in [4.69, 9.17) is 4.74 Å². The summed E-state index contributed by atoms with van der Waals surface area (Å²) in [7, 11) is 0. The highest BCUT2D eigenvalue weighted by Gasteiger charge is 2.30. The average Bonchev–Trinajstić information content (AvgIpc) is 2.70. The van der Waals surface area contributed by atoms with E-state index in [0.29, 0.717) is 5.56 Å². The van der Waals surface area contributed by atoms with E-state index in [1.807, 2.05) is 0 Å². The van der Waals surface area contributed by atoms with E-state index in [1.165, 1.54) is 25.1 Å². The number of ether oxygens (including phenoxy) is 1. The van der Waals surface area contributed by atoms with Crippen LogP contribution >= 0.6 is 0 Å². The van der Waals surface area contributed by atoms with E-state index in [9.17, 15) is 29.0 Å². The van der Waals surface area contributed by atoms with Crippen LogP contribution in [0.25, 0.3) is 0 Å². The van der Waals surface area contributed by atoms with E-state index in [0.717, 1.165) is 11.6 Å². The summed E-state index contributed by atoms with van der Waals surface area (Å²) in [4.78, 5) is 36.0. The lowest BCUT2D eigenvalue weighted by atomic mass is 10.0. The van der Waals surface area contributed by atoms with Gasteiger partial charge in [-0.1, -0.05) is 42.5 Å². The standard InChI is InChI=1S/C21H23FN2O6/c1-13(25)18(24-21(29)30-12-14-6-3-2-4-7-14)19(26)23-17(20(27)28)11-15-8-5-9-16(22)10-15/h2-10,13,17-18,25H,11-12H2,1H3,(H,23,26)(H,24,29)(H,27,28)/t13-,17-,18+/m1/s1. The fourth-order valence-corrected chi connectivity index (χ4v) is 2.66. The second-order valence-corrected chi connectivity index (χ2v) is 6.66. The van der Waals surface area contributed by atoms with Gasteiger partial charge >= 0.3 is 12.1 Å². The number of carbonyl (C=O) groups excluding carboxylic acids is 2. The normalized spacial score (nSPS) is 13.6. The molecule has 0 aliphatic heterocycles. The summed E-state index contributed by atoms with van der Waals surface area (Å²) in [6.45, 7) is 1.22. The van der Waals surface area contributed by atoms with Crippen molar-refractivity contribution >= 4 is 18.0 Å². The van der Waals surface area contributed by atoms with E-state index >= 15 is 0 Å². The first-order valence-electron chi connectivity index (χ1n) is 9.19. The van der Waals surface area contributed by atoms with E-state index in [2.05, 4.69) is 10.6 Å². The number of amides is 2. The number of benzene rings is 2. The molecule has 0 aromatic heterocycles. The molecule has 2 aromatic rings. The molecular weight excluding hydrogens is 395 g/mol. The Kier molecular flexibility index (Phi) is 8.30. The molecule has 0 fully saturated rings. The summed E-state index contributed by atoms with van der Waals surface area (Å²) in [5.41, 5.74) is 1.10. The van der Waals surface area contributed by atoms with Gasteiger partial charge in [0.1, 0.15) is 24.5 Å². The van der Waals surface area contributed by atoms with Crippen LogP contribution in [-0.4, -0.2) is 46.4 Å². The fourth-order valence-electron chi connectivity index (χ4n) is 2.66. The molecule has 0 saturated carbocycles. The van der Waals surface area contributed by atoms with Crippen molar-refractivity contribution in [1.29, 1.82) is 0 Å².